The van der Waals surface area contributed by atoms with Gasteiger partial charge in [-0.1, -0.05) is 0 Å². The van der Waals surface area contributed by atoms with E-state index in [9.17, 15) is 9.59 Å². The van der Waals surface area contributed by atoms with E-state index in [4.69, 9.17) is 4.74 Å². The highest BCUT2D eigenvalue weighted by Gasteiger charge is 2.14. The van der Waals surface area contributed by atoms with Crippen molar-refractivity contribution in [3.63, 3.8) is 0 Å². The lowest BCUT2D eigenvalue weighted by atomic mass is 10.2. The molecule has 6 nitrogen and oxygen atoms in total. The van der Waals surface area contributed by atoms with Gasteiger partial charge in [0, 0.05) is 19.8 Å². The van der Waals surface area contributed by atoms with E-state index in [0.717, 1.165) is 16.7 Å². The number of esters is 1. The predicted molar refractivity (Wildman–Crippen MR) is 77.9 cm³/mol. The maximum Gasteiger partial charge on any atom is 0.328 e. The molecule has 108 valence electrons. The van der Waals surface area contributed by atoms with Crippen LogP contribution in [0.4, 0.5) is 5.69 Å². The molecule has 20 heavy (non-hydrogen) atoms. The minimum atomic E-state index is -0.437. The van der Waals surface area contributed by atoms with Gasteiger partial charge in [-0.25, -0.2) is 9.59 Å². The van der Waals surface area contributed by atoms with Crippen LogP contribution in [0, 0.1) is 0 Å². The molecule has 0 fully saturated rings. The molecular weight excluding hydrogens is 258 g/mol. The fourth-order valence-electron chi connectivity index (χ4n) is 2.17. The molecule has 0 aliphatic carbocycles. The standard InChI is InChI=1S/C14H19N3O3/c1-5-20-13(18)9(2)15-10-6-7-11-12(8-10)17(4)14(19)16(11)3/h6-9,15H,5H2,1-4H3/t9-/m1/s1. The van der Waals surface area contributed by atoms with Crippen LogP contribution in [0.15, 0.2) is 23.0 Å². The molecule has 0 saturated heterocycles. The van der Waals surface area contributed by atoms with E-state index in [1.54, 1.807) is 37.1 Å². The molecule has 1 heterocycles. The van der Waals surface area contributed by atoms with Gasteiger partial charge in [0.15, 0.2) is 0 Å². The van der Waals surface area contributed by atoms with E-state index in [2.05, 4.69) is 5.32 Å². The van der Waals surface area contributed by atoms with Crippen molar-refractivity contribution in [1.82, 2.24) is 9.13 Å². The Hall–Kier alpha value is -2.24. The number of carbonyl (C=O) groups is 1. The molecule has 2 aromatic rings. The van der Waals surface area contributed by atoms with Gasteiger partial charge in [-0.05, 0) is 32.0 Å². The lowest BCUT2D eigenvalue weighted by molar-refractivity contribution is -0.143. The number of hydrogen-bond donors (Lipinski definition) is 1. The Kier molecular flexibility index (Phi) is 3.83. The number of rotatable bonds is 4. The Morgan fingerprint density at radius 2 is 1.95 bits per heavy atom. The minimum Gasteiger partial charge on any atom is -0.464 e. The van der Waals surface area contributed by atoms with Gasteiger partial charge >= 0.3 is 11.7 Å². The Balaban J connectivity index is 2.31. The molecule has 0 bridgehead atoms. The van der Waals surface area contributed by atoms with Crippen LogP contribution in [0.2, 0.25) is 0 Å². The first kappa shape index (κ1) is 14.2. The predicted octanol–water partition coefficient (Wildman–Crippen LogP) is 1.24. The Bertz CT molecular complexity index is 699. The minimum absolute atomic E-state index is 0.0735. The summed E-state index contributed by atoms with van der Waals surface area (Å²) in [6, 6.07) is 5.12. The van der Waals surface area contributed by atoms with E-state index < -0.39 is 6.04 Å². The summed E-state index contributed by atoms with van der Waals surface area (Å²) < 4.78 is 8.12. The molecule has 1 atom stereocenters. The molecule has 1 aromatic heterocycles. The number of imidazole rings is 1. The van der Waals surface area contributed by atoms with Gasteiger partial charge in [-0.15, -0.1) is 0 Å². The van der Waals surface area contributed by atoms with E-state index in [1.807, 2.05) is 18.2 Å². The molecule has 0 spiro atoms. The van der Waals surface area contributed by atoms with Gasteiger partial charge < -0.3 is 10.1 Å². The summed E-state index contributed by atoms with van der Waals surface area (Å²) in [5, 5.41) is 3.08. The normalized spacial score (nSPS) is 12.4. The molecule has 0 aliphatic heterocycles. The van der Waals surface area contributed by atoms with Crippen molar-refractivity contribution in [1.29, 1.82) is 0 Å². The first-order valence-electron chi connectivity index (χ1n) is 6.54. The van der Waals surface area contributed by atoms with Crippen molar-refractivity contribution >= 4 is 22.7 Å². The summed E-state index contributed by atoms with van der Waals surface area (Å²) in [7, 11) is 3.46. The number of nitrogens with zero attached hydrogens (tertiary/aromatic N) is 2. The second kappa shape index (κ2) is 5.40. The maximum absolute atomic E-state index is 11.8. The van der Waals surface area contributed by atoms with Gasteiger partial charge in [0.2, 0.25) is 0 Å². The zero-order valence-electron chi connectivity index (χ0n) is 12.1. The van der Waals surface area contributed by atoms with Crippen LogP contribution >= 0.6 is 0 Å². The number of ether oxygens (including phenoxy) is 1. The average Bonchev–Trinajstić information content (AvgIpc) is 2.64. The van der Waals surface area contributed by atoms with Gasteiger partial charge in [0.05, 0.1) is 17.6 Å². The number of aromatic nitrogens is 2. The van der Waals surface area contributed by atoms with Crippen molar-refractivity contribution in [2.75, 3.05) is 11.9 Å². The number of carbonyl (C=O) groups excluding carboxylic acids is 1. The SMILES string of the molecule is CCOC(=O)[C@@H](C)Nc1ccc2c(c1)n(C)c(=O)n2C. The van der Waals surface area contributed by atoms with Crippen molar-refractivity contribution in [3.05, 3.63) is 28.7 Å². The quantitative estimate of drug-likeness (QED) is 0.854. The van der Waals surface area contributed by atoms with Gasteiger partial charge in [-0.3, -0.25) is 9.13 Å². The molecular formula is C14H19N3O3. The van der Waals surface area contributed by atoms with Crippen molar-refractivity contribution < 1.29 is 9.53 Å². The largest absolute Gasteiger partial charge is 0.464 e. The van der Waals surface area contributed by atoms with Crippen LogP contribution in [0.5, 0.6) is 0 Å². The third-order valence-corrected chi connectivity index (χ3v) is 3.30. The Labute approximate surface area is 117 Å². The molecule has 0 unspecified atom stereocenters. The summed E-state index contributed by atoms with van der Waals surface area (Å²) in [4.78, 5) is 23.4. The first-order valence-corrected chi connectivity index (χ1v) is 6.54. The van der Waals surface area contributed by atoms with Crippen LogP contribution in [-0.4, -0.2) is 27.8 Å². The third kappa shape index (κ3) is 2.41. The molecule has 6 heteroatoms. The number of nitrogens with one attached hydrogen (secondary N) is 1. The zero-order valence-corrected chi connectivity index (χ0v) is 12.1. The summed E-state index contributed by atoms with van der Waals surface area (Å²) in [6.07, 6.45) is 0. The second-order valence-corrected chi connectivity index (χ2v) is 4.72. The Morgan fingerprint density at radius 3 is 2.60 bits per heavy atom. The fraction of sp³-hybridized carbons (Fsp3) is 0.429. The summed E-state index contributed by atoms with van der Waals surface area (Å²) in [6.45, 7) is 3.87. The van der Waals surface area contributed by atoms with Crippen LogP contribution in [-0.2, 0) is 23.6 Å². The van der Waals surface area contributed by atoms with Crippen LogP contribution < -0.4 is 11.0 Å². The Morgan fingerprint density at radius 1 is 1.30 bits per heavy atom. The highest BCUT2D eigenvalue weighted by Crippen LogP contribution is 2.18. The lowest BCUT2D eigenvalue weighted by Gasteiger charge is -2.14. The van der Waals surface area contributed by atoms with Crippen molar-refractivity contribution in [2.45, 2.75) is 19.9 Å². The van der Waals surface area contributed by atoms with E-state index in [0.29, 0.717) is 6.61 Å². The summed E-state index contributed by atoms with van der Waals surface area (Å²) in [5.74, 6) is -0.297. The summed E-state index contributed by atoms with van der Waals surface area (Å²) in [5.41, 5.74) is 2.38. The topological polar surface area (TPSA) is 65.3 Å². The molecule has 0 saturated carbocycles. The smallest absolute Gasteiger partial charge is 0.328 e. The molecule has 1 aromatic carbocycles. The molecule has 0 radical (unpaired) electrons. The summed E-state index contributed by atoms with van der Waals surface area (Å²) >= 11 is 0. The van der Waals surface area contributed by atoms with E-state index in [-0.39, 0.29) is 11.7 Å². The number of hydrogen-bond acceptors (Lipinski definition) is 4. The van der Waals surface area contributed by atoms with Crippen LogP contribution in [0.25, 0.3) is 11.0 Å². The number of anilines is 1. The number of benzene rings is 1. The lowest BCUT2D eigenvalue weighted by Crippen LogP contribution is -2.28. The van der Waals surface area contributed by atoms with E-state index >= 15 is 0 Å². The highest BCUT2D eigenvalue weighted by atomic mass is 16.5. The van der Waals surface area contributed by atoms with Gasteiger partial charge in [0.25, 0.3) is 0 Å². The van der Waals surface area contributed by atoms with Gasteiger partial charge in [-0.2, -0.15) is 0 Å². The number of aryl methyl sites for hydroxylation is 2. The van der Waals surface area contributed by atoms with E-state index in [1.165, 1.54) is 0 Å². The molecule has 0 amide bonds. The molecule has 2 rings (SSSR count). The first-order chi connectivity index (χ1) is 9.45. The van der Waals surface area contributed by atoms with Crippen LogP contribution in [0.3, 0.4) is 0 Å². The highest BCUT2D eigenvalue weighted by molar-refractivity contribution is 5.83. The third-order valence-electron chi connectivity index (χ3n) is 3.30. The monoisotopic (exact) mass is 277 g/mol. The van der Waals surface area contributed by atoms with Crippen molar-refractivity contribution in [3.8, 4) is 0 Å². The maximum atomic E-state index is 11.8. The van der Waals surface area contributed by atoms with Crippen LogP contribution in [0.1, 0.15) is 13.8 Å². The molecule has 0 aliphatic rings. The molecule has 1 N–H and O–H groups in total. The van der Waals surface area contributed by atoms with Gasteiger partial charge in [0.1, 0.15) is 6.04 Å². The number of fused-ring (bicyclic) bond motifs is 1. The average molecular weight is 277 g/mol. The fourth-order valence-corrected chi connectivity index (χ4v) is 2.17. The second-order valence-electron chi connectivity index (χ2n) is 4.72. The van der Waals surface area contributed by atoms with Crippen molar-refractivity contribution in [2.24, 2.45) is 14.1 Å². The zero-order chi connectivity index (χ0) is 14.9.